The molecule has 2 heterocycles. The van der Waals surface area contributed by atoms with Crippen LogP contribution in [0.5, 0.6) is 0 Å². The second-order valence-electron chi connectivity index (χ2n) is 2.83. The maximum atomic E-state index is 11.4. The lowest BCUT2D eigenvalue weighted by molar-refractivity contribution is 0.0526. The van der Waals surface area contributed by atoms with Crippen molar-refractivity contribution in [1.29, 1.82) is 0 Å². The van der Waals surface area contributed by atoms with Crippen molar-refractivity contribution < 1.29 is 9.53 Å². The first-order valence-corrected chi connectivity index (χ1v) is 5.41. The molecule has 2 aromatic rings. The van der Waals surface area contributed by atoms with Gasteiger partial charge in [0.2, 0.25) is 0 Å². The molecule has 0 N–H and O–H groups in total. The minimum Gasteiger partial charge on any atom is -0.462 e. The van der Waals surface area contributed by atoms with Crippen LogP contribution in [-0.2, 0) is 4.74 Å². The van der Waals surface area contributed by atoms with Crippen LogP contribution in [0.25, 0.3) is 5.65 Å². The molecule has 0 aliphatic heterocycles. The number of hydrogen-bond donors (Lipinski definition) is 0. The number of imidazole rings is 1. The molecule has 86 valence electrons. The zero-order chi connectivity index (χ0) is 12.0. The van der Waals surface area contributed by atoms with E-state index < -0.39 is 0 Å². The lowest BCUT2D eigenvalue weighted by Gasteiger charge is -2.01. The Morgan fingerprint density at radius 1 is 1.44 bits per heavy atom. The summed E-state index contributed by atoms with van der Waals surface area (Å²) in [6, 6.07) is 3.42. The van der Waals surface area contributed by atoms with Crippen molar-refractivity contribution in [1.82, 2.24) is 9.38 Å². The molecule has 4 heteroatoms. The van der Waals surface area contributed by atoms with Crippen LogP contribution in [0.1, 0.15) is 31.1 Å². The fourth-order valence-corrected chi connectivity index (χ4v) is 1.25. The first-order valence-electron chi connectivity index (χ1n) is 5.41. The Hall–Kier alpha value is -1.84. The van der Waals surface area contributed by atoms with Crippen LogP contribution >= 0.6 is 0 Å². The number of aromatic nitrogens is 2. The largest absolute Gasteiger partial charge is 0.462 e. The number of fused-ring (bicyclic) bond motifs is 1. The zero-order valence-corrected chi connectivity index (χ0v) is 9.80. The van der Waals surface area contributed by atoms with Gasteiger partial charge in [0.15, 0.2) is 0 Å². The molecule has 0 amide bonds. The molecule has 0 aliphatic carbocycles. The van der Waals surface area contributed by atoms with Crippen LogP contribution in [0.4, 0.5) is 0 Å². The van der Waals surface area contributed by atoms with Crippen LogP contribution in [0.2, 0.25) is 0 Å². The van der Waals surface area contributed by atoms with Gasteiger partial charge in [0.1, 0.15) is 5.65 Å². The molecule has 0 atom stereocenters. The second-order valence-corrected chi connectivity index (χ2v) is 2.83. The Labute approximate surface area is 94.9 Å². The number of rotatable bonds is 2. The molecule has 0 bridgehead atoms. The molecule has 0 saturated carbocycles. The molecule has 0 radical (unpaired) electrons. The summed E-state index contributed by atoms with van der Waals surface area (Å²) < 4.78 is 6.71. The predicted molar refractivity (Wildman–Crippen MR) is 62.5 cm³/mol. The van der Waals surface area contributed by atoms with Crippen LogP contribution in [0, 0.1) is 0 Å². The van der Waals surface area contributed by atoms with Crippen LogP contribution in [-0.4, -0.2) is 22.0 Å². The summed E-state index contributed by atoms with van der Waals surface area (Å²) >= 11 is 0. The molecular formula is C12H16N2O2. The Kier molecular flexibility index (Phi) is 4.51. The maximum absolute atomic E-state index is 11.4. The number of carbonyl (C=O) groups excluding carboxylic acids is 1. The second kappa shape index (κ2) is 5.90. The van der Waals surface area contributed by atoms with Crippen molar-refractivity contribution in [2.24, 2.45) is 0 Å². The summed E-state index contributed by atoms with van der Waals surface area (Å²) in [5.74, 6) is -0.307. The molecule has 4 nitrogen and oxygen atoms in total. The number of pyridine rings is 1. The van der Waals surface area contributed by atoms with E-state index in [4.69, 9.17) is 4.74 Å². The van der Waals surface area contributed by atoms with Gasteiger partial charge in [-0.1, -0.05) is 13.8 Å². The summed E-state index contributed by atoms with van der Waals surface area (Å²) in [5, 5.41) is 0. The zero-order valence-electron chi connectivity index (χ0n) is 9.80. The maximum Gasteiger partial charge on any atom is 0.338 e. The summed E-state index contributed by atoms with van der Waals surface area (Å²) in [5.41, 5.74) is 1.28. The van der Waals surface area contributed by atoms with Crippen LogP contribution in [0.15, 0.2) is 30.7 Å². The highest BCUT2D eigenvalue weighted by atomic mass is 16.5. The van der Waals surface area contributed by atoms with Crippen LogP contribution < -0.4 is 0 Å². The van der Waals surface area contributed by atoms with E-state index in [9.17, 15) is 4.79 Å². The van der Waals surface area contributed by atoms with Gasteiger partial charge in [-0.05, 0) is 19.1 Å². The highest BCUT2D eigenvalue weighted by Gasteiger charge is 2.06. The predicted octanol–water partition coefficient (Wildman–Crippen LogP) is 2.54. The van der Waals surface area contributed by atoms with Gasteiger partial charge < -0.3 is 9.14 Å². The minimum absolute atomic E-state index is 0.307. The standard InChI is InChI=1S/C10H10N2O2.C2H6/c1-2-14-10(13)8-3-5-12-6-4-11-9(12)7-8;1-2/h3-7H,2H2,1H3;1-2H3. The minimum atomic E-state index is -0.307. The number of esters is 1. The molecule has 0 saturated heterocycles. The Bertz CT molecular complexity index is 463. The number of carbonyl (C=O) groups is 1. The van der Waals surface area contributed by atoms with Gasteiger partial charge in [-0.25, -0.2) is 9.78 Å². The van der Waals surface area contributed by atoms with E-state index in [1.165, 1.54) is 0 Å². The summed E-state index contributed by atoms with van der Waals surface area (Å²) in [4.78, 5) is 15.4. The van der Waals surface area contributed by atoms with E-state index in [2.05, 4.69) is 4.98 Å². The molecule has 0 spiro atoms. The van der Waals surface area contributed by atoms with Gasteiger partial charge in [-0.3, -0.25) is 0 Å². The molecule has 0 fully saturated rings. The SMILES string of the molecule is CC.CCOC(=O)c1ccn2ccnc2c1. The monoisotopic (exact) mass is 220 g/mol. The third-order valence-corrected chi connectivity index (χ3v) is 1.91. The van der Waals surface area contributed by atoms with E-state index in [1.807, 2.05) is 24.4 Å². The Morgan fingerprint density at radius 2 is 2.19 bits per heavy atom. The first-order chi connectivity index (χ1) is 7.81. The Morgan fingerprint density at radius 3 is 2.88 bits per heavy atom. The smallest absolute Gasteiger partial charge is 0.338 e. The highest BCUT2D eigenvalue weighted by Crippen LogP contribution is 2.06. The van der Waals surface area contributed by atoms with Gasteiger partial charge in [0.25, 0.3) is 0 Å². The van der Waals surface area contributed by atoms with Crippen molar-refractivity contribution >= 4 is 11.6 Å². The fraction of sp³-hybridized carbons (Fsp3) is 0.333. The van der Waals surface area contributed by atoms with Gasteiger partial charge in [0.05, 0.1) is 12.2 Å². The van der Waals surface area contributed by atoms with Crippen molar-refractivity contribution in [2.75, 3.05) is 6.61 Å². The molecule has 0 aliphatic rings. The van der Waals surface area contributed by atoms with Crippen LogP contribution in [0.3, 0.4) is 0 Å². The first kappa shape index (κ1) is 12.2. The molecule has 0 aromatic carbocycles. The van der Waals surface area contributed by atoms with Gasteiger partial charge >= 0.3 is 5.97 Å². The molecule has 2 aromatic heterocycles. The molecule has 0 unspecified atom stereocenters. The summed E-state index contributed by atoms with van der Waals surface area (Å²) in [7, 11) is 0. The quantitative estimate of drug-likeness (QED) is 0.730. The number of hydrogen-bond acceptors (Lipinski definition) is 3. The molecular weight excluding hydrogens is 204 g/mol. The topological polar surface area (TPSA) is 43.6 Å². The number of nitrogens with zero attached hydrogens (tertiary/aromatic N) is 2. The van der Waals surface area contributed by atoms with Crippen molar-refractivity contribution in [3.63, 3.8) is 0 Å². The van der Waals surface area contributed by atoms with Gasteiger partial charge in [-0.15, -0.1) is 0 Å². The average Bonchev–Trinajstić information content (AvgIpc) is 2.79. The van der Waals surface area contributed by atoms with E-state index in [0.29, 0.717) is 12.2 Å². The Balaban J connectivity index is 0.000000606. The summed E-state index contributed by atoms with van der Waals surface area (Å²) in [6.45, 7) is 6.17. The van der Waals surface area contributed by atoms with E-state index >= 15 is 0 Å². The normalized spacial score (nSPS) is 9.44. The van der Waals surface area contributed by atoms with Crippen molar-refractivity contribution in [3.05, 3.63) is 36.3 Å². The highest BCUT2D eigenvalue weighted by molar-refractivity contribution is 5.90. The molecule has 16 heavy (non-hydrogen) atoms. The van der Waals surface area contributed by atoms with Crippen molar-refractivity contribution in [2.45, 2.75) is 20.8 Å². The number of ether oxygens (including phenoxy) is 1. The molecule has 2 rings (SSSR count). The van der Waals surface area contributed by atoms with E-state index in [0.717, 1.165) is 5.65 Å². The average molecular weight is 220 g/mol. The lowest BCUT2D eigenvalue weighted by Crippen LogP contribution is -2.04. The van der Waals surface area contributed by atoms with Crippen molar-refractivity contribution in [3.8, 4) is 0 Å². The van der Waals surface area contributed by atoms with Gasteiger partial charge in [-0.2, -0.15) is 0 Å². The van der Waals surface area contributed by atoms with E-state index in [1.54, 1.807) is 31.5 Å². The van der Waals surface area contributed by atoms with Gasteiger partial charge in [0, 0.05) is 18.6 Å². The lowest BCUT2D eigenvalue weighted by atomic mass is 10.3. The third kappa shape index (κ3) is 2.59. The fourth-order valence-electron chi connectivity index (χ4n) is 1.25. The van der Waals surface area contributed by atoms with E-state index in [-0.39, 0.29) is 5.97 Å². The summed E-state index contributed by atoms with van der Waals surface area (Å²) in [6.07, 6.45) is 5.29. The third-order valence-electron chi connectivity index (χ3n) is 1.91.